The average Bonchev–Trinajstić information content (AvgIpc) is 2.76. The van der Waals surface area contributed by atoms with E-state index >= 15 is 0 Å². The standard InChI is InChI=1S/C14H19N3O/c1-11-16-6-7-17(11)10-13-8-12(9-15-2)4-5-14(13)18-3/h4-8,15H,9-10H2,1-3H3. The largest absolute Gasteiger partial charge is 0.496 e. The van der Waals surface area contributed by atoms with Gasteiger partial charge < -0.3 is 14.6 Å². The van der Waals surface area contributed by atoms with Gasteiger partial charge in [-0.1, -0.05) is 6.07 Å². The highest BCUT2D eigenvalue weighted by Gasteiger charge is 2.06. The van der Waals surface area contributed by atoms with Crippen LogP contribution in [-0.4, -0.2) is 23.7 Å². The summed E-state index contributed by atoms with van der Waals surface area (Å²) in [6.45, 7) is 3.65. The van der Waals surface area contributed by atoms with E-state index in [9.17, 15) is 0 Å². The van der Waals surface area contributed by atoms with Gasteiger partial charge in [-0.15, -0.1) is 0 Å². The van der Waals surface area contributed by atoms with Crippen LogP contribution in [0.3, 0.4) is 0 Å². The maximum atomic E-state index is 5.41. The second-order valence-corrected chi connectivity index (χ2v) is 4.28. The van der Waals surface area contributed by atoms with Crippen molar-refractivity contribution in [2.45, 2.75) is 20.0 Å². The smallest absolute Gasteiger partial charge is 0.123 e. The Morgan fingerprint density at radius 2 is 2.22 bits per heavy atom. The van der Waals surface area contributed by atoms with Crippen molar-refractivity contribution in [3.05, 3.63) is 47.5 Å². The van der Waals surface area contributed by atoms with Gasteiger partial charge in [0.15, 0.2) is 0 Å². The minimum absolute atomic E-state index is 0.784. The van der Waals surface area contributed by atoms with Crippen LogP contribution in [0.5, 0.6) is 5.75 Å². The van der Waals surface area contributed by atoms with Crippen molar-refractivity contribution in [3.63, 3.8) is 0 Å². The van der Waals surface area contributed by atoms with Crippen LogP contribution in [0, 0.1) is 6.92 Å². The Hall–Kier alpha value is -1.81. The lowest BCUT2D eigenvalue weighted by Gasteiger charge is -2.12. The summed E-state index contributed by atoms with van der Waals surface area (Å²) in [5, 5.41) is 3.16. The number of hydrogen-bond acceptors (Lipinski definition) is 3. The van der Waals surface area contributed by atoms with Crippen molar-refractivity contribution in [1.29, 1.82) is 0 Å². The SMILES string of the molecule is CNCc1ccc(OC)c(Cn2ccnc2C)c1. The molecular formula is C14H19N3O. The molecule has 4 heteroatoms. The molecule has 1 aromatic carbocycles. The molecule has 0 saturated carbocycles. The van der Waals surface area contributed by atoms with Crippen LogP contribution >= 0.6 is 0 Å². The summed E-state index contributed by atoms with van der Waals surface area (Å²) in [5.74, 6) is 1.93. The summed E-state index contributed by atoms with van der Waals surface area (Å²) < 4.78 is 7.53. The molecule has 0 atom stereocenters. The van der Waals surface area contributed by atoms with Gasteiger partial charge in [-0.2, -0.15) is 0 Å². The van der Waals surface area contributed by atoms with E-state index in [0.717, 1.165) is 24.7 Å². The summed E-state index contributed by atoms with van der Waals surface area (Å²) in [6.07, 6.45) is 3.80. The van der Waals surface area contributed by atoms with Crippen LogP contribution in [0.25, 0.3) is 0 Å². The van der Waals surface area contributed by atoms with E-state index in [2.05, 4.69) is 27.0 Å². The van der Waals surface area contributed by atoms with Gasteiger partial charge >= 0.3 is 0 Å². The van der Waals surface area contributed by atoms with Crippen molar-refractivity contribution in [2.24, 2.45) is 0 Å². The van der Waals surface area contributed by atoms with E-state index in [1.165, 1.54) is 11.1 Å². The van der Waals surface area contributed by atoms with Crippen molar-refractivity contribution < 1.29 is 4.74 Å². The van der Waals surface area contributed by atoms with Gasteiger partial charge in [0, 0.05) is 24.5 Å². The van der Waals surface area contributed by atoms with Crippen LogP contribution in [0.4, 0.5) is 0 Å². The predicted molar refractivity (Wildman–Crippen MR) is 71.8 cm³/mol. The molecule has 0 saturated heterocycles. The number of aryl methyl sites for hydroxylation is 1. The first-order valence-electron chi connectivity index (χ1n) is 6.02. The fraction of sp³-hybridized carbons (Fsp3) is 0.357. The summed E-state index contributed by atoms with van der Waals surface area (Å²) in [5.41, 5.74) is 2.43. The van der Waals surface area contributed by atoms with Gasteiger partial charge in [-0.05, 0) is 31.7 Å². The average molecular weight is 245 g/mol. The first-order valence-corrected chi connectivity index (χ1v) is 6.02. The lowest BCUT2D eigenvalue weighted by Crippen LogP contribution is -2.07. The lowest BCUT2D eigenvalue weighted by molar-refractivity contribution is 0.408. The first-order chi connectivity index (χ1) is 8.74. The number of methoxy groups -OCH3 is 1. The van der Waals surface area contributed by atoms with Crippen LogP contribution in [-0.2, 0) is 13.1 Å². The molecule has 1 N–H and O–H groups in total. The Morgan fingerprint density at radius 1 is 1.39 bits per heavy atom. The van der Waals surface area contributed by atoms with Crippen LogP contribution < -0.4 is 10.1 Å². The van der Waals surface area contributed by atoms with E-state index < -0.39 is 0 Å². The Kier molecular flexibility index (Phi) is 3.99. The number of imidazole rings is 1. The molecule has 1 heterocycles. The van der Waals surface area contributed by atoms with Crippen LogP contribution in [0.1, 0.15) is 17.0 Å². The van der Waals surface area contributed by atoms with Crippen molar-refractivity contribution >= 4 is 0 Å². The Morgan fingerprint density at radius 3 is 2.83 bits per heavy atom. The molecule has 0 bridgehead atoms. The quantitative estimate of drug-likeness (QED) is 0.875. The highest BCUT2D eigenvalue weighted by atomic mass is 16.5. The van der Waals surface area contributed by atoms with E-state index in [0.29, 0.717) is 0 Å². The zero-order chi connectivity index (χ0) is 13.0. The number of nitrogens with one attached hydrogen (secondary N) is 1. The number of nitrogens with zero attached hydrogens (tertiary/aromatic N) is 2. The lowest BCUT2D eigenvalue weighted by atomic mass is 10.1. The van der Waals surface area contributed by atoms with Gasteiger partial charge in [0.2, 0.25) is 0 Å². The second-order valence-electron chi connectivity index (χ2n) is 4.28. The Balaban J connectivity index is 2.29. The highest BCUT2D eigenvalue weighted by molar-refractivity contribution is 5.37. The van der Waals surface area contributed by atoms with E-state index in [4.69, 9.17) is 4.74 Å². The zero-order valence-electron chi connectivity index (χ0n) is 11.1. The summed E-state index contributed by atoms with van der Waals surface area (Å²) in [4.78, 5) is 4.24. The molecule has 18 heavy (non-hydrogen) atoms. The van der Waals surface area contributed by atoms with Gasteiger partial charge in [0.1, 0.15) is 11.6 Å². The number of hydrogen-bond donors (Lipinski definition) is 1. The molecule has 0 aliphatic rings. The monoisotopic (exact) mass is 245 g/mol. The van der Waals surface area contributed by atoms with Crippen molar-refractivity contribution in [1.82, 2.24) is 14.9 Å². The summed E-state index contributed by atoms with van der Waals surface area (Å²) in [6, 6.07) is 6.28. The normalized spacial score (nSPS) is 10.6. The zero-order valence-corrected chi connectivity index (χ0v) is 11.1. The third-order valence-electron chi connectivity index (χ3n) is 2.99. The molecule has 0 amide bonds. The maximum absolute atomic E-state index is 5.41. The van der Waals surface area contributed by atoms with Gasteiger partial charge in [-0.3, -0.25) is 0 Å². The van der Waals surface area contributed by atoms with E-state index in [-0.39, 0.29) is 0 Å². The minimum atomic E-state index is 0.784. The fourth-order valence-electron chi connectivity index (χ4n) is 2.02. The molecule has 2 aromatic rings. The maximum Gasteiger partial charge on any atom is 0.123 e. The summed E-state index contributed by atoms with van der Waals surface area (Å²) >= 11 is 0. The van der Waals surface area contributed by atoms with Gasteiger partial charge in [0.25, 0.3) is 0 Å². The fourth-order valence-corrected chi connectivity index (χ4v) is 2.02. The molecule has 0 aliphatic heterocycles. The molecule has 2 rings (SSSR count). The number of benzene rings is 1. The third kappa shape index (κ3) is 2.71. The highest BCUT2D eigenvalue weighted by Crippen LogP contribution is 2.21. The molecule has 0 aliphatic carbocycles. The third-order valence-corrected chi connectivity index (χ3v) is 2.99. The number of ether oxygens (including phenoxy) is 1. The minimum Gasteiger partial charge on any atom is -0.496 e. The molecule has 0 fully saturated rings. The predicted octanol–water partition coefficient (Wildman–Crippen LogP) is 1.97. The Labute approximate surface area is 108 Å². The van der Waals surface area contributed by atoms with Crippen LogP contribution in [0.15, 0.2) is 30.6 Å². The molecule has 0 unspecified atom stereocenters. The summed E-state index contributed by atoms with van der Waals surface area (Å²) in [7, 11) is 3.65. The number of aromatic nitrogens is 2. The molecule has 0 radical (unpaired) electrons. The second kappa shape index (κ2) is 5.69. The Bertz CT molecular complexity index is 520. The molecular weight excluding hydrogens is 226 g/mol. The van der Waals surface area contributed by atoms with Crippen LogP contribution in [0.2, 0.25) is 0 Å². The molecule has 4 nitrogen and oxygen atoms in total. The van der Waals surface area contributed by atoms with Crippen molar-refractivity contribution in [3.8, 4) is 5.75 Å². The topological polar surface area (TPSA) is 39.1 Å². The van der Waals surface area contributed by atoms with Crippen molar-refractivity contribution in [2.75, 3.05) is 14.2 Å². The van der Waals surface area contributed by atoms with E-state index in [1.807, 2.05) is 32.4 Å². The number of rotatable bonds is 5. The van der Waals surface area contributed by atoms with Gasteiger partial charge in [-0.25, -0.2) is 4.98 Å². The first kappa shape index (κ1) is 12.6. The van der Waals surface area contributed by atoms with E-state index in [1.54, 1.807) is 7.11 Å². The molecule has 1 aromatic heterocycles. The molecule has 96 valence electrons. The van der Waals surface area contributed by atoms with Gasteiger partial charge in [0.05, 0.1) is 13.7 Å². The molecule has 0 spiro atoms.